The number of carboxylic acid groups (broad SMARTS) is 1. The number of aryl methyl sites for hydroxylation is 1. The number of aliphatic carboxylic acids is 1. The minimum atomic E-state index is -1.18. The van der Waals surface area contributed by atoms with E-state index in [1.165, 1.54) is 37.8 Å². The van der Waals surface area contributed by atoms with Gasteiger partial charge in [-0.3, -0.25) is 19.2 Å². The van der Waals surface area contributed by atoms with Crippen LogP contribution in [-0.2, 0) is 21.4 Å². The van der Waals surface area contributed by atoms with Crippen LogP contribution in [0.3, 0.4) is 0 Å². The van der Waals surface area contributed by atoms with Crippen molar-refractivity contribution in [1.82, 2.24) is 40.2 Å². The Hall–Kier alpha value is -2.39. The second kappa shape index (κ2) is 8.63. The number of tetrazole rings is 1. The number of carbonyl (C=O) groups is 3. The molecule has 1 fully saturated rings. The van der Waals surface area contributed by atoms with Gasteiger partial charge in [0.15, 0.2) is 0 Å². The fourth-order valence-corrected chi connectivity index (χ4v) is 5.85. The molecule has 4 heterocycles. The predicted molar refractivity (Wildman–Crippen MR) is 114 cm³/mol. The molecular weight excluding hydrogens is 512 g/mol. The highest BCUT2D eigenvalue weighted by atomic mass is 79.9. The summed E-state index contributed by atoms with van der Waals surface area (Å²) in [5, 5.41) is 27.8. The fourth-order valence-electron chi connectivity index (χ4n) is 3.21. The van der Waals surface area contributed by atoms with Gasteiger partial charge in [-0.05, 0) is 38.9 Å². The van der Waals surface area contributed by atoms with E-state index in [-0.39, 0.29) is 11.6 Å². The molecule has 2 aromatic heterocycles. The molecule has 12 nitrogen and oxygen atoms in total. The number of β-lactam (4-membered cyclic amide) rings is 1. The fraction of sp³-hybridized carbons (Fsp3) is 0.438. The number of nitrogens with one attached hydrogen (secondary N) is 1. The van der Waals surface area contributed by atoms with Gasteiger partial charge in [-0.15, -0.1) is 16.9 Å². The van der Waals surface area contributed by atoms with Crippen LogP contribution in [0.15, 0.2) is 33.3 Å². The molecule has 2 N–H and O–H groups in total. The molecule has 0 saturated carbocycles. The maximum Gasteiger partial charge on any atom is 0.352 e. The third kappa shape index (κ3) is 4.08. The quantitative estimate of drug-likeness (QED) is 0.378. The van der Waals surface area contributed by atoms with Crippen LogP contribution in [0.4, 0.5) is 0 Å². The summed E-state index contributed by atoms with van der Waals surface area (Å²) in [5.74, 6) is -1.24. The first-order chi connectivity index (χ1) is 14.8. The Morgan fingerprint density at radius 1 is 1.48 bits per heavy atom. The van der Waals surface area contributed by atoms with Crippen LogP contribution in [0.25, 0.3) is 0 Å². The lowest BCUT2D eigenvalue weighted by atomic mass is 10.0. The van der Waals surface area contributed by atoms with Gasteiger partial charge in [-0.2, -0.15) is 5.10 Å². The summed E-state index contributed by atoms with van der Waals surface area (Å²) in [6.07, 6.45) is 3.23. The highest BCUT2D eigenvalue weighted by Crippen LogP contribution is 2.41. The number of halogens is 1. The topological polar surface area (TPSA) is 148 Å². The van der Waals surface area contributed by atoms with Crippen LogP contribution in [0, 0.1) is 0 Å². The third-order valence-corrected chi connectivity index (χ3v) is 7.70. The normalized spacial score (nSPS) is 21.5. The molecule has 0 aliphatic carbocycles. The highest BCUT2D eigenvalue weighted by molar-refractivity contribution is 9.10. The van der Waals surface area contributed by atoms with E-state index in [0.717, 1.165) is 4.47 Å². The summed E-state index contributed by atoms with van der Waals surface area (Å²) in [7, 11) is 1.69. The van der Waals surface area contributed by atoms with Crippen LogP contribution in [-0.4, -0.2) is 80.7 Å². The van der Waals surface area contributed by atoms with Gasteiger partial charge < -0.3 is 10.4 Å². The van der Waals surface area contributed by atoms with E-state index in [2.05, 4.69) is 41.9 Å². The lowest BCUT2D eigenvalue weighted by Crippen LogP contribution is -2.71. The molecule has 0 bridgehead atoms. The van der Waals surface area contributed by atoms with Gasteiger partial charge in [-0.25, -0.2) is 9.48 Å². The Kier molecular flexibility index (Phi) is 6.07. The molecule has 2 aliphatic heterocycles. The van der Waals surface area contributed by atoms with E-state index >= 15 is 0 Å². The van der Waals surface area contributed by atoms with Crippen LogP contribution in [0.1, 0.15) is 13.0 Å². The molecular formula is C16H17BrN8O4S2. The Morgan fingerprint density at radius 2 is 2.26 bits per heavy atom. The first-order valence-corrected chi connectivity index (χ1v) is 11.9. The number of nitrogens with zero attached hydrogens (tertiary/aromatic N) is 7. The first-order valence-electron chi connectivity index (χ1n) is 9.03. The van der Waals surface area contributed by atoms with Crippen molar-refractivity contribution >= 4 is 57.2 Å². The molecule has 2 amide bonds. The summed E-state index contributed by atoms with van der Waals surface area (Å²) >= 11 is 5.99. The Balaban J connectivity index is 1.46. The molecule has 2 aromatic rings. The van der Waals surface area contributed by atoms with Gasteiger partial charge in [0, 0.05) is 24.8 Å². The number of aromatic nitrogens is 6. The van der Waals surface area contributed by atoms with Gasteiger partial charge >= 0.3 is 5.97 Å². The second-order valence-corrected chi connectivity index (χ2v) is 9.80. The highest BCUT2D eigenvalue weighted by Gasteiger charge is 2.54. The van der Waals surface area contributed by atoms with Gasteiger partial charge in [0.05, 0.1) is 10.7 Å². The minimum Gasteiger partial charge on any atom is -0.477 e. The number of hydrogen-bond donors (Lipinski definition) is 2. The minimum absolute atomic E-state index is 0.0362. The first kappa shape index (κ1) is 21.8. The summed E-state index contributed by atoms with van der Waals surface area (Å²) in [5.41, 5.74) is 0.570. The molecule has 1 saturated heterocycles. The number of thioether (sulfide) groups is 2. The van der Waals surface area contributed by atoms with E-state index in [0.29, 0.717) is 22.2 Å². The van der Waals surface area contributed by atoms with E-state index < -0.39 is 29.3 Å². The van der Waals surface area contributed by atoms with Crippen LogP contribution < -0.4 is 5.32 Å². The van der Waals surface area contributed by atoms with Crippen molar-refractivity contribution in [3.63, 3.8) is 0 Å². The van der Waals surface area contributed by atoms with E-state index in [4.69, 9.17) is 0 Å². The van der Waals surface area contributed by atoms with Crippen LogP contribution in [0.2, 0.25) is 0 Å². The van der Waals surface area contributed by atoms with Gasteiger partial charge in [0.1, 0.15) is 23.2 Å². The smallest absolute Gasteiger partial charge is 0.352 e. The lowest BCUT2D eigenvalue weighted by Gasteiger charge is -2.49. The maximum absolute atomic E-state index is 12.8. The molecule has 0 radical (unpaired) electrons. The molecule has 2 aliphatic rings. The third-order valence-electron chi connectivity index (χ3n) is 4.85. The van der Waals surface area contributed by atoms with Gasteiger partial charge in [0.2, 0.25) is 11.1 Å². The van der Waals surface area contributed by atoms with Crippen molar-refractivity contribution in [3.8, 4) is 0 Å². The largest absolute Gasteiger partial charge is 0.477 e. The van der Waals surface area contributed by atoms with Crippen molar-refractivity contribution in [2.45, 2.75) is 29.5 Å². The molecule has 4 rings (SSSR count). The zero-order valence-electron chi connectivity index (χ0n) is 16.3. The molecule has 15 heteroatoms. The summed E-state index contributed by atoms with van der Waals surface area (Å²) in [4.78, 5) is 38.6. The number of carbonyl (C=O) groups excluding carboxylic acids is 2. The SMILES string of the molecule is C[C@H](C(=O)N[C@@H]1C(=O)N2C(C(=O)O)=C(CSc3nnnn3C)CS[C@@H]12)n1cc(Br)cn1. The van der Waals surface area contributed by atoms with Crippen molar-refractivity contribution in [2.75, 3.05) is 11.5 Å². The van der Waals surface area contributed by atoms with Crippen molar-refractivity contribution in [3.05, 3.63) is 28.1 Å². The van der Waals surface area contributed by atoms with Crippen molar-refractivity contribution < 1.29 is 19.5 Å². The number of rotatable bonds is 7. The van der Waals surface area contributed by atoms with E-state index in [9.17, 15) is 19.5 Å². The van der Waals surface area contributed by atoms with Gasteiger partial charge in [0.25, 0.3) is 5.91 Å². The average Bonchev–Trinajstić information content (AvgIpc) is 3.36. The van der Waals surface area contributed by atoms with E-state index in [1.807, 2.05) is 0 Å². The number of fused-ring (bicyclic) bond motifs is 1. The van der Waals surface area contributed by atoms with Crippen molar-refractivity contribution in [2.24, 2.45) is 7.05 Å². The molecule has 0 aromatic carbocycles. The standard InChI is InChI=1S/C16H17BrN8O4S2/c1-7(24-4-9(17)3-18-24)12(26)19-10-13(27)25-11(15(28)29)8(5-30-14(10)25)6-31-16-20-21-22-23(16)2/h3-4,7,10,14H,5-6H2,1-2H3,(H,19,26)(H,28,29)/t7-,10-,14+/m1/s1. The summed E-state index contributed by atoms with van der Waals surface area (Å²) in [6, 6.07) is -1.41. The monoisotopic (exact) mass is 528 g/mol. The molecule has 0 spiro atoms. The molecule has 0 unspecified atom stereocenters. The average molecular weight is 529 g/mol. The number of amides is 2. The second-order valence-electron chi connectivity index (χ2n) is 6.84. The Bertz CT molecular complexity index is 1090. The summed E-state index contributed by atoms with van der Waals surface area (Å²) < 4.78 is 3.71. The zero-order chi connectivity index (χ0) is 22.3. The number of hydrogen-bond acceptors (Lipinski definition) is 9. The molecule has 164 valence electrons. The Labute approximate surface area is 192 Å². The Morgan fingerprint density at radius 3 is 2.87 bits per heavy atom. The predicted octanol–water partition coefficient (Wildman–Crippen LogP) is 0.261. The molecule has 31 heavy (non-hydrogen) atoms. The molecule has 3 atom stereocenters. The van der Waals surface area contributed by atoms with Crippen LogP contribution in [0.5, 0.6) is 0 Å². The van der Waals surface area contributed by atoms with Crippen molar-refractivity contribution in [1.29, 1.82) is 0 Å². The van der Waals surface area contributed by atoms with Gasteiger partial charge in [-0.1, -0.05) is 11.8 Å². The zero-order valence-corrected chi connectivity index (χ0v) is 19.5. The lowest BCUT2D eigenvalue weighted by molar-refractivity contribution is -0.151. The van der Waals surface area contributed by atoms with E-state index in [1.54, 1.807) is 26.4 Å². The number of carboxylic acids is 1. The maximum atomic E-state index is 12.8. The van der Waals surface area contributed by atoms with Crippen LogP contribution >= 0.6 is 39.5 Å². The summed E-state index contributed by atoms with van der Waals surface area (Å²) in [6.45, 7) is 1.67.